The van der Waals surface area contributed by atoms with Crippen LogP contribution in [-0.4, -0.2) is 23.4 Å². The first-order chi connectivity index (χ1) is 8.33. The predicted molar refractivity (Wildman–Crippen MR) is 64.7 cm³/mol. The van der Waals surface area contributed by atoms with Crippen molar-refractivity contribution in [1.82, 2.24) is 14.9 Å². The van der Waals surface area contributed by atoms with Crippen molar-refractivity contribution in [3.8, 4) is 0 Å². The highest BCUT2D eigenvalue weighted by Crippen LogP contribution is 2.23. The number of sulfonamides is 1. The van der Waals surface area contributed by atoms with Gasteiger partial charge in [-0.2, -0.15) is 5.10 Å². The van der Waals surface area contributed by atoms with Crippen LogP contribution in [0.15, 0.2) is 15.6 Å². The molecule has 0 radical (unpaired) electrons. The Morgan fingerprint density at radius 1 is 1.33 bits per heavy atom. The van der Waals surface area contributed by atoms with Crippen LogP contribution in [0.2, 0.25) is 0 Å². The van der Waals surface area contributed by atoms with E-state index in [1.165, 1.54) is 6.20 Å². The summed E-state index contributed by atoms with van der Waals surface area (Å²) < 4.78 is 33.4. The zero-order chi connectivity index (χ0) is 13.5. The summed E-state index contributed by atoms with van der Waals surface area (Å²) in [6, 6.07) is 0. The first-order valence-electron chi connectivity index (χ1n) is 5.27. The fraction of sp³-hybridized carbons (Fsp3) is 0.400. The summed E-state index contributed by atoms with van der Waals surface area (Å²) in [6.07, 6.45) is 1.46. The van der Waals surface area contributed by atoms with Crippen molar-refractivity contribution in [2.45, 2.75) is 25.7 Å². The van der Waals surface area contributed by atoms with Gasteiger partial charge >= 0.3 is 0 Å². The molecule has 0 atom stereocenters. The van der Waals surface area contributed by atoms with Crippen LogP contribution in [0.25, 0.3) is 0 Å². The number of nitrogens with zero attached hydrogens (tertiary/aromatic N) is 3. The number of anilines is 1. The molecule has 8 heteroatoms. The Kier molecular flexibility index (Phi) is 2.89. The second-order valence-electron chi connectivity index (χ2n) is 4.03. The van der Waals surface area contributed by atoms with Gasteiger partial charge in [-0.3, -0.25) is 9.40 Å². The molecule has 0 bridgehead atoms. The van der Waals surface area contributed by atoms with E-state index in [1.54, 1.807) is 32.5 Å². The minimum atomic E-state index is -3.70. The molecule has 0 saturated carbocycles. The smallest absolute Gasteiger partial charge is 0.267 e. The van der Waals surface area contributed by atoms with E-state index in [-0.39, 0.29) is 10.7 Å². The average molecular weight is 270 g/mol. The van der Waals surface area contributed by atoms with Gasteiger partial charge in [0.25, 0.3) is 10.0 Å². The molecule has 0 aromatic carbocycles. The Labute approximate surface area is 105 Å². The van der Waals surface area contributed by atoms with Gasteiger partial charge < -0.3 is 4.52 Å². The van der Waals surface area contributed by atoms with E-state index in [1.807, 2.05) is 0 Å². The van der Waals surface area contributed by atoms with Crippen LogP contribution < -0.4 is 4.72 Å². The predicted octanol–water partition coefficient (Wildman–Crippen LogP) is 1.13. The monoisotopic (exact) mass is 270 g/mol. The molecule has 0 aliphatic carbocycles. The summed E-state index contributed by atoms with van der Waals surface area (Å²) in [6.45, 7) is 4.92. The standard InChI is InChI=1S/C10H14N4O3S/c1-6-10(8(3)17-12-6)18(15,16)13-9-5-11-14(4)7(9)2/h5,13H,1-4H3. The Morgan fingerprint density at radius 3 is 2.44 bits per heavy atom. The molecule has 0 spiro atoms. The Bertz CT molecular complexity index is 665. The van der Waals surface area contributed by atoms with Crippen molar-refractivity contribution < 1.29 is 12.9 Å². The van der Waals surface area contributed by atoms with Crippen molar-refractivity contribution in [2.75, 3.05) is 4.72 Å². The van der Waals surface area contributed by atoms with Crippen LogP contribution in [0.1, 0.15) is 17.1 Å². The van der Waals surface area contributed by atoms with E-state index in [2.05, 4.69) is 15.0 Å². The molecule has 0 saturated heterocycles. The molecule has 2 rings (SSSR count). The van der Waals surface area contributed by atoms with Gasteiger partial charge in [-0.25, -0.2) is 8.42 Å². The maximum absolute atomic E-state index is 12.2. The van der Waals surface area contributed by atoms with Crippen LogP contribution in [0.3, 0.4) is 0 Å². The number of nitrogens with one attached hydrogen (secondary N) is 1. The summed E-state index contributed by atoms with van der Waals surface area (Å²) in [5, 5.41) is 7.61. The number of hydrogen-bond donors (Lipinski definition) is 1. The molecule has 2 aromatic rings. The van der Waals surface area contributed by atoms with Crippen molar-refractivity contribution >= 4 is 15.7 Å². The van der Waals surface area contributed by atoms with E-state index < -0.39 is 10.0 Å². The SMILES string of the molecule is Cc1noc(C)c1S(=O)(=O)Nc1cnn(C)c1C. The van der Waals surface area contributed by atoms with Gasteiger partial charge in [-0.1, -0.05) is 5.16 Å². The third-order valence-electron chi connectivity index (χ3n) is 2.72. The Morgan fingerprint density at radius 2 is 2.00 bits per heavy atom. The minimum Gasteiger partial charge on any atom is -0.360 e. The lowest BCUT2D eigenvalue weighted by Crippen LogP contribution is -2.15. The number of hydrogen-bond acceptors (Lipinski definition) is 5. The summed E-state index contributed by atoms with van der Waals surface area (Å²) in [5.74, 6) is 0.265. The second kappa shape index (κ2) is 4.13. The summed E-state index contributed by atoms with van der Waals surface area (Å²) >= 11 is 0. The largest absolute Gasteiger partial charge is 0.360 e. The maximum Gasteiger partial charge on any atom is 0.267 e. The molecule has 1 N–H and O–H groups in total. The van der Waals surface area contributed by atoms with Gasteiger partial charge in [0.15, 0.2) is 10.7 Å². The molecule has 0 aliphatic rings. The van der Waals surface area contributed by atoms with Crippen LogP contribution >= 0.6 is 0 Å². The molecule has 18 heavy (non-hydrogen) atoms. The van der Waals surface area contributed by atoms with Crippen molar-refractivity contribution in [1.29, 1.82) is 0 Å². The number of aryl methyl sites for hydroxylation is 3. The topological polar surface area (TPSA) is 90.0 Å². The molecule has 98 valence electrons. The van der Waals surface area contributed by atoms with Gasteiger partial charge in [-0.05, 0) is 20.8 Å². The number of aromatic nitrogens is 3. The molecule has 0 unspecified atom stereocenters. The zero-order valence-corrected chi connectivity index (χ0v) is 11.4. The molecule has 2 aromatic heterocycles. The third kappa shape index (κ3) is 1.99. The van der Waals surface area contributed by atoms with Gasteiger partial charge in [0.2, 0.25) is 0 Å². The molecule has 0 aliphatic heterocycles. The highest BCUT2D eigenvalue weighted by Gasteiger charge is 2.25. The minimum absolute atomic E-state index is 0.0748. The van der Waals surface area contributed by atoms with Crippen molar-refractivity contribution in [2.24, 2.45) is 7.05 Å². The van der Waals surface area contributed by atoms with Crippen molar-refractivity contribution in [3.63, 3.8) is 0 Å². The molecular formula is C10H14N4O3S. The maximum atomic E-state index is 12.2. The number of rotatable bonds is 3. The Balaban J connectivity index is 2.43. The Hall–Kier alpha value is -1.83. The lowest BCUT2D eigenvalue weighted by Gasteiger charge is -2.06. The highest BCUT2D eigenvalue weighted by molar-refractivity contribution is 7.92. The van der Waals surface area contributed by atoms with Crippen molar-refractivity contribution in [3.05, 3.63) is 23.3 Å². The van der Waals surface area contributed by atoms with Crippen LogP contribution in [0, 0.1) is 20.8 Å². The lowest BCUT2D eigenvalue weighted by molar-refractivity contribution is 0.390. The summed E-state index contributed by atoms with van der Waals surface area (Å²) in [4.78, 5) is 0.0748. The molecular weight excluding hydrogens is 256 g/mol. The third-order valence-corrected chi connectivity index (χ3v) is 4.33. The van der Waals surface area contributed by atoms with E-state index in [4.69, 9.17) is 4.52 Å². The fourth-order valence-corrected chi connectivity index (χ4v) is 3.09. The molecule has 0 amide bonds. The summed E-state index contributed by atoms with van der Waals surface area (Å²) in [5.41, 5.74) is 1.50. The zero-order valence-electron chi connectivity index (χ0n) is 10.6. The fourth-order valence-electron chi connectivity index (χ4n) is 1.65. The molecule has 0 fully saturated rings. The molecule has 7 nitrogen and oxygen atoms in total. The lowest BCUT2D eigenvalue weighted by atomic mass is 10.4. The van der Waals surface area contributed by atoms with Crippen LogP contribution in [0.4, 0.5) is 5.69 Å². The van der Waals surface area contributed by atoms with Crippen LogP contribution in [-0.2, 0) is 17.1 Å². The van der Waals surface area contributed by atoms with Gasteiger partial charge in [0.1, 0.15) is 5.69 Å². The van der Waals surface area contributed by atoms with Gasteiger partial charge in [-0.15, -0.1) is 0 Å². The average Bonchev–Trinajstić information content (AvgIpc) is 2.76. The van der Waals surface area contributed by atoms with Crippen LogP contribution in [0.5, 0.6) is 0 Å². The quantitative estimate of drug-likeness (QED) is 0.903. The van der Waals surface area contributed by atoms with E-state index >= 15 is 0 Å². The summed E-state index contributed by atoms with van der Waals surface area (Å²) in [7, 11) is -1.96. The first kappa shape index (κ1) is 12.6. The normalized spacial score (nSPS) is 11.8. The van der Waals surface area contributed by atoms with E-state index in [9.17, 15) is 8.42 Å². The highest BCUT2D eigenvalue weighted by atomic mass is 32.2. The first-order valence-corrected chi connectivity index (χ1v) is 6.75. The van der Waals surface area contributed by atoms with Gasteiger partial charge in [0.05, 0.1) is 17.6 Å². The van der Waals surface area contributed by atoms with E-state index in [0.717, 1.165) is 5.69 Å². The van der Waals surface area contributed by atoms with E-state index in [0.29, 0.717) is 11.4 Å². The molecule has 2 heterocycles. The second-order valence-corrected chi connectivity index (χ2v) is 5.65. The van der Waals surface area contributed by atoms with Gasteiger partial charge in [0, 0.05) is 7.05 Å².